The van der Waals surface area contributed by atoms with Crippen molar-refractivity contribution in [3.8, 4) is 0 Å². The van der Waals surface area contributed by atoms with Gasteiger partial charge in [-0.2, -0.15) is 0 Å². The topological polar surface area (TPSA) is 46.6 Å². The van der Waals surface area contributed by atoms with Gasteiger partial charge >= 0.3 is 5.97 Å². The number of amides is 1. The Morgan fingerprint density at radius 3 is 2.83 bits per heavy atom. The molecule has 0 aliphatic carbocycles. The van der Waals surface area contributed by atoms with Crippen molar-refractivity contribution in [2.75, 3.05) is 18.1 Å². The molecule has 0 radical (unpaired) electrons. The van der Waals surface area contributed by atoms with Gasteiger partial charge in [0.05, 0.1) is 0 Å². The Kier molecular flexibility index (Phi) is 4.70. The van der Waals surface area contributed by atoms with Gasteiger partial charge < -0.3 is 9.64 Å². The number of fused-ring (bicyclic) bond motifs is 1. The van der Waals surface area contributed by atoms with Gasteiger partial charge in [-0.1, -0.05) is 30.3 Å². The smallest absolute Gasteiger partial charge is 0.331 e. The van der Waals surface area contributed by atoms with Crippen LogP contribution in [0.5, 0.6) is 0 Å². The molecular formula is C19H16FNO3. The quantitative estimate of drug-likeness (QED) is 0.641. The van der Waals surface area contributed by atoms with Crippen molar-refractivity contribution in [1.82, 2.24) is 0 Å². The third-order valence-electron chi connectivity index (χ3n) is 3.79. The number of ether oxygens (including phenoxy) is 1. The monoisotopic (exact) mass is 325 g/mol. The highest BCUT2D eigenvalue weighted by atomic mass is 19.1. The van der Waals surface area contributed by atoms with Crippen LogP contribution in [0.15, 0.2) is 54.6 Å². The predicted octanol–water partition coefficient (Wildman–Crippen LogP) is 2.97. The van der Waals surface area contributed by atoms with E-state index < -0.39 is 5.97 Å². The molecule has 122 valence electrons. The van der Waals surface area contributed by atoms with Gasteiger partial charge in [0.1, 0.15) is 5.82 Å². The predicted molar refractivity (Wildman–Crippen MR) is 88.9 cm³/mol. The van der Waals surface area contributed by atoms with E-state index in [2.05, 4.69) is 0 Å². The summed E-state index contributed by atoms with van der Waals surface area (Å²) in [6.45, 7) is 0.273. The summed E-state index contributed by atoms with van der Waals surface area (Å²) in [5, 5.41) is 0. The van der Waals surface area contributed by atoms with Crippen molar-refractivity contribution >= 4 is 23.6 Å². The molecule has 5 heteroatoms. The van der Waals surface area contributed by atoms with Crippen LogP contribution >= 0.6 is 0 Å². The van der Waals surface area contributed by atoms with Crippen molar-refractivity contribution in [1.29, 1.82) is 0 Å². The van der Waals surface area contributed by atoms with E-state index in [1.807, 2.05) is 24.3 Å². The molecule has 1 heterocycles. The minimum absolute atomic E-state index is 0.257. The van der Waals surface area contributed by atoms with E-state index >= 15 is 0 Å². The average molecular weight is 325 g/mol. The Morgan fingerprint density at radius 1 is 1.17 bits per heavy atom. The fourth-order valence-electron chi connectivity index (χ4n) is 2.63. The molecule has 0 unspecified atom stereocenters. The molecule has 0 N–H and O–H groups in total. The summed E-state index contributed by atoms with van der Waals surface area (Å²) >= 11 is 0. The third kappa shape index (κ3) is 3.68. The second-order valence-corrected chi connectivity index (χ2v) is 5.42. The largest absolute Gasteiger partial charge is 0.452 e. The van der Waals surface area contributed by atoms with Crippen LogP contribution in [0.25, 0.3) is 6.08 Å². The number of benzene rings is 2. The highest BCUT2D eigenvalue weighted by Crippen LogP contribution is 2.27. The first-order valence-corrected chi connectivity index (χ1v) is 7.62. The number of carbonyl (C=O) groups is 2. The Balaban J connectivity index is 1.54. The van der Waals surface area contributed by atoms with Crippen LogP contribution in [-0.2, 0) is 20.7 Å². The van der Waals surface area contributed by atoms with Crippen molar-refractivity contribution in [2.24, 2.45) is 0 Å². The molecule has 0 aromatic heterocycles. The van der Waals surface area contributed by atoms with Crippen LogP contribution in [0.2, 0.25) is 0 Å². The molecule has 2 aromatic carbocycles. The second kappa shape index (κ2) is 7.08. The van der Waals surface area contributed by atoms with E-state index in [1.54, 1.807) is 17.0 Å². The van der Waals surface area contributed by atoms with Gasteiger partial charge in [-0.15, -0.1) is 0 Å². The molecule has 1 amide bonds. The maximum Gasteiger partial charge on any atom is 0.331 e. The average Bonchev–Trinajstić information content (AvgIpc) is 3.02. The highest BCUT2D eigenvalue weighted by Gasteiger charge is 2.24. The molecule has 0 bridgehead atoms. The summed E-state index contributed by atoms with van der Waals surface area (Å²) in [5.74, 6) is -1.28. The summed E-state index contributed by atoms with van der Waals surface area (Å²) in [7, 11) is 0. The van der Waals surface area contributed by atoms with E-state index in [-0.39, 0.29) is 18.3 Å². The van der Waals surface area contributed by atoms with Crippen LogP contribution in [0, 0.1) is 5.82 Å². The van der Waals surface area contributed by atoms with Gasteiger partial charge in [0.2, 0.25) is 0 Å². The Hall–Kier alpha value is -2.95. The molecule has 3 rings (SSSR count). The summed E-state index contributed by atoms with van der Waals surface area (Å²) in [5.41, 5.74) is 2.53. The molecule has 1 aliphatic heterocycles. The SMILES string of the molecule is O=C(/C=C/c1cccc(F)c1)OCC(=O)N1CCc2ccccc21. The van der Waals surface area contributed by atoms with Gasteiger partial charge in [-0.25, -0.2) is 9.18 Å². The first-order chi connectivity index (χ1) is 11.6. The summed E-state index contributed by atoms with van der Waals surface area (Å²) in [4.78, 5) is 25.5. The van der Waals surface area contributed by atoms with Crippen molar-refractivity contribution in [2.45, 2.75) is 6.42 Å². The van der Waals surface area contributed by atoms with Gasteiger partial charge in [-0.05, 0) is 41.8 Å². The van der Waals surface area contributed by atoms with E-state index in [0.29, 0.717) is 12.1 Å². The second-order valence-electron chi connectivity index (χ2n) is 5.42. The lowest BCUT2D eigenvalue weighted by Crippen LogP contribution is -2.33. The number of nitrogens with zero attached hydrogens (tertiary/aromatic N) is 1. The number of halogens is 1. The number of para-hydroxylation sites is 1. The zero-order valence-electron chi connectivity index (χ0n) is 12.9. The van der Waals surface area contributed by atoms with Crippen LogP contribution < -0.4 is 4.90 Å². The lowest BCUT2D eigenvalue weighted by Gasteiger charge is -2.16. The summed E-state index contributed by atoms with van der Waals surface area (Å²) < 4.78 is 18.0. The Labute approximate surface area is 139 Å². The van der Waals surface area contributed by atoms with Gasteiger partial charge in [0.15, 0.2) is 6.61 Å². The van der Waals surface area contributed by atoms with E-state index in [1.165, 1.54) is 24.3 Å². The molecule has 24 heavy (non-hydrogen) atoms. The van der Waals surface area contributed by atoms with Gasteiger partial charge in [-0.3, -0.25) is 4.79 Å². The first kappa shape index (κ1) is 15.9. The lowest BCUT2D eigenvalue weighted by atomic mass is 10.2. The number of anilines is 1. The van der Waals surface area contributed by atoms with Crippen LogP contribution in [0.1, 0.15) is 11.1 Å². The van der Waals surface area contributed by atoms with Gasteiger partial charge in [0.25, 0.3) is 5.91 Å². The van der Waals surface area contributed by atoms with Crippen molar-refractivity contribution in [3.05, 3.63) is 71.6 Å². The van der Waals surface area contributed by atoms with Crippen LogP contribution in [-0.4, -0.2) is 25.0 Å². The number of carbonyl (C=O) groups excluding carboxylic acids is 2. The molecule has 1 aliphatic rings. The molecule has 4 nitrogen and oxygen atoms in total. The molecule has 0 fully saturated rings. The zero-order chi connectivity index (χ0) is 16.9. The third-order valence-corrected chi connectivity index (χ3v) is 3.79. The Bertz CT molecular complexity index is 801. The number of hydrogen-bond acceptors (Lipinski definition) is 3. The minimum atomic E-state index is -0.639. The van der Waals surface area contributed by atoms with Crippen molar-refractivity contribution < 1.29 is 18.7 Å². The number of rotatable bonds is 4. The van der Waals surface area contributed by atoms with Crippen molar-refractivity contribution in [3.63, 3.8) is 0 Å². The normalized spacial score (nSPS) is 13.1. The van der Waals surface area contributed by atoms with Gasteiger partial charge in [0, 0.05) is 18.3 Å². The van der Waals surface area contributed by atoms with E-state index in [4.69, 9.17) is 4.74 Å². The molecule has 0 saturated heterocycles. The molecule has 0 saturated carbocycles. The number of hydrogen-bond donors (Lipinski definition) is 0. The molecule has 2 aromatic rings. The fourth-order valence-corrected chi connectivity index (χ4v) is 2.63. The van der Waals surface area contributed by atoms with E-state index in [9.17, 15) is 14.0 Å². The first-order valence-electron chi connectivity index (χ1n) is 7.62. The number of esters is 1. The fraction of sp³-hybridized carbons (Fsp3) is 0.158. The molecule has 0 spiro atoms. The Morgan fingerprint density at radius 2 is 2.00 bits per heavy atom. The lowest BCUT2D eigenvalue weighted by molar-refractivity contribution is -0.142. The van der Waals surface area contributed by atoms with Crippen LogP contribution in [0.3, 0.4) is 0 Å². The van der Waals surface area contributed by atoms with Crippen LogP contribution in [0.4, 0.5) is 10.1 Å². The molecule has 0 atom stereocenters. The highest BCUT2D eigenvalue weighted by molar-refractivity contribution is 5.98. The summed E-state index contributed by atoms with van der Waals surface area (Å²) in [6, 6.07) is 13.5. The van der Waals surface area contributed by atoms with E-state index in [0.717, 1.165) is 17.7 Å². The summed E-state index contributed by atoms with van der Waals surface area (Å²) in [6.07, 6.45) is 3.43. The maximum atomic E-state index is 13.0. The molecular weight excluding hydrogens is 309 g/mol. The zero-order valence-corrected chi connectivity index (χ0v) is 12.9. The maximum absolute atomic E-state index is 13.0. The standard InChI is InChI=1S/C19H16FNO3/c20-16-6-3-4-14(12-16)8-9-19(23)24-13-18(22)21-11-10-15-5-1-2-7-17(15)21/h1-9,12H,10-11,13H2/b9-8+. The minimum Gasteiger partial charge on any atom is -0.452 e.